The molecule has 1 aliphatic rings. The molecule has 82 valence electrons. The Kier molecular flexibility index (Phi) is 2.97. The van der Waals surface area contributed by atoms with E-state index in [1.807, 2.05) is 0 Å². The van der Waals surface area contributed by atoms with E-state index in [1.165, 1.54) is 12.8 Å². The second-order valence-corrected chi connectivity index (χ2v) is 4.59. The third-order valence-corrected chi connectivity index (χ3v) is 3.45. The minimum absolute atomic E-state index is 0.0927. The quantitative estimate of drug-likeness (QED) is 0.774. The van der Waals surface area contributed by atoms with Crippen LogP contribution < -0.4 is 11.1 Å². The van der Waals surface area contributed by atoms with Crippen LogP contribution in [0.5, 0.6) is 0 Å². The number of nitrogens with zero attached hydrogens (tertiary/aromatic N) is 2. The number of nitrogens with one attached hydrogen (secondary N) is 1. The van der Waals surface area contributed by atoms with Gasteiger partial charge >= 0.3 is 0 Å². The van der Waals surface area contributed by atoms with Crippen LogP contribution >= 0.6 is 11.5 Å². The van der Waals surface area contributed by atoms with E-state index in [0.29, 0.717) is 23.0 Å². The van der Waals surface area contributed by atoms with Gasteiger partial charge in [0.25, 0.3) is 5.91 Å². The predicted octanol–water partition coefficient (Wildman–Crippen LogP) is 0.314. The minimum Gasteiger partial charge on any atom is -0.347 e. The van der Waals surface area contributed by atoms with Crippen molar-refractivity contribution in [3.8, 4) is 0 Å². The molecule has 0 aromatic carbocycles. The van der Waals surface area contributed by atoms with Crippen molar-refractivity contribution in [1.29, 1.82) is 0 Å². The molecular weight excluding hydrogens is 212 g/mol. The average Bonchev–Trinajstić information content (AvgIpc) is 2.97. The fraction of sp³-hybridized carbons (Fsp3) is 0.667. The van der Waals surface area contributed by atoms with Crippen LogP contribution in [0.25, 0.3) is 0 Å². The number of rotatable bonds is 4. The second-order valence-electron chi connectivity index (χ2n) is 3.84. The molecule has 0 aliphatic heterocycles. The van der Waals surface area contributed by atoms with Crippen molar-refractivity contribution < 1.29 is 4.79 Å². The van der Waals surface area contributed by atoms with Gasteiger partial charge in [-0.15, -0.1) is 5.10 Å². The monoisotopic (exact) mass is 226 g/mol. The Morgan fingerprint density at radius 2 is 2.47 bits per heavy atom. The maximum Gasteiger partial charge on any atom is 0.265 e. The van der Waals surface area contributed by atoms with E-state index in [0.717, 1.165) is 11.5 Å². The number of hydrogen-bond donors (Lipinski definition) is 2. The van der Waals surface area contributed by atoms with Crippen molar-refractivity contribution in [3.05, 3.63) is 10.6 Å². The van der Waals surface area contributed by atoms with Gasteiger partial charge in [0.1, 0.15) is 4.88 Å². The first-order valence-corrected chi connectivity index (χ1v) is 5.79. The van der Waals surface area contributed by atoms with E-state index in [4.69, 9.17) is 5.73 Å². The van der Waals surface area contributed by atoms with Crippen LogP contribution in [0, 0.1) is 12.8 Å². The molecule has 1 fully saturated rings. The number of aryl methyl sites for hydroxylation is 1. The van der Waals surface area contributed by atoms with Crippen LogP contribution in [-0.2, 0) is 0 Å². The van der Waals surface area contributed by atoms with Gasteiger partial charge < -0.3 is 11.1 Å². The van der Waals surface area contributed by atoms with Crippen LogP contribution in [0.15, 0.2) is 0 Å². The summed E-state index contributed by atoms with van der Waals surface area (Å²) in [7, 11) is 0. The molecule has 0 bridgehead atoms. The fourth-order valence-corrected chi connectivity index (χ4v) is 2.10. The van der Waals surface area contributed by atoms with Gasteiger partial charge in [-0.25, -0.2) is 0 Å². The molecule has 3 N–H and O–H groups in total. The molecule has 6 heteroatoms. The molecule has 5 nitrogen and oxygen atoms in total. The summed E-state index contributed by atoms with van der Waals surface area (Å²) >= 11 is 1.13. The summed E-state index contributed by atoms with van der Waals surface area (Å²) in [6, 6.07) is 0.110. The minimum atomic E-state index is -0.0927. The molecule has 15 heavy (non-hydrogen) atoms. The van der Waals surface area contributed by atoms with E-state index in [2.05, 4.69) is 14.9 Å². The lowest BCUT2D eigenvalue weighted by atomic mass is 10.2. The van der Waals surface area contributed by atoms with Gasteiger partial charge in [0.15, 0.2) is 0 Å². The number of aromatic nitrogens is 2. The molecule has 1 heterocycles. The lowest BCUT2D eigenvalue weighted by Gasteiger charge is -2.14. The molecule has 0 saturated heterocycles. The zero-order valence-electron chi connectivity index (χ0n) is 8.56. The van der Waals surface area contributed by atoms with Crippen LogP contribution in [-0.4, -0.2) is 28.1 Å². The molecule has 1 aromatic heterocycles. The molecule has 2 rings (SSSR count). The highest BCUT2D eigenvalue weighted by molar-refractivity contribution is 7.08. The highest BCUT2D eigenvalue weighted by Gasteiger charge is 2.31. The summed E-state index contributed by atoms with van der Waals surface area (Å²) < 4.78 is 3.74. The zero-order chi connectivity index (χ0) is 10.8. The molecule has 1 aromatic rings. The fourth-order valence-electron chi connectivity index (χ4n) is 1.54. The summed E-state index contributed by atoms with van der Waals surface area (Å²) in [6.07, 6.45) is 2.34. The molecule has 0 radical (unpaired) electrons. The van der Waals surface area contributed by atoms with Gasteiger partial charge in [0.2, 0.25) is 0 Å². The van der Waals surface area contributed by atoms with Crippen molar-refractivity contribution >= 4 is 17.4 Å². The van der Waals surface area contributed by atoms with Crippen molar-refractivity contribution in [1.82, 2.24) is 14.9 Å². The third-order valence-electron chi connectivity index (χ3n) is 2.62. The molecule has 1 saturated carbocycles. The van der Waals surface area contributed by atoms with Crippen LogP contribution in [0.2, 0.25) is 0 Å². The highest BCUT2D eigenvalue weighted by Crippen LogP contribution is 2.32. The van der Waals surface area contributed by atoms with Gasteiger partial charge in [-0.1, -0.05) is 4.49 Å². The van der Waals surface area contributed by atoms with Crippen molar-refractivity contribution in [2.24, 2.45) is 11.7 Å². The first kappa shape index (κ1) is 10.5. The van der Waals surface area contributed by atoms with Gasteiger partial charge in [0, 0.05) is 12.6 Å². The van der Waals surface area contributed by atoms with Gasteiger partial charge in [-0.3, -0.25) is 4.79 Å². The van der Waals surface area contributed by atoms with E-state index in [9.17, 15) is 4.79 Å². The number of hydrogen-bond acceptors (Lipinski definition) is 5. The summed E-state index contributed by atoms with van der Waals surface area (Å²) in [4.78, 5) is 12.4. The Hall–Kier alpha value is -1.01. The molecule has 1 amide bonds. The van der Waals surface area contributed by atoms with Gasteiger partial charge in [0.05, 0.1) is 5.69 Å². The Morgan fingerprint density at radius 3 is 2.93 bits per heavy atom. The molecule has 1 atom stereocenters. The highest BCUT2D eigenvalue weighted by atomic mass is 32.1. The maximum absolute atomic E-state index is 11.8. The Balaban J connectivity index is 1.99. The van der Waals surface area contributed by atoms with Crippen molar-refractivity contribution in [3.63, 3.8) is 0 Å². The van der Waals surface area contributed by atoms with Crippen molar-refractivity contribution in [2.45, 2.75) is 25.8 Å². The molecule has 0 spiro atoms. The second kappa shape index (κ2) is 4.24. The lowest BCUT2D eigenvalue weighted by Crippen LogP contribution is -2.41. The Labute approximate surface area is 92.2 Å². The van der Waals surface area contributed by atoms with E-state index < -0.39 is 0 Å². The van der Waals surface area contributed by atoms with E-state index >= 15 is 0 Å². The maximum atomic E-state index is 11.8. The Morgan fingerprint density at radius 1 is 1.73 bits per heavy atom. The van der Waals surface area contributed by atoms with E-state index in [-0.39, 0.29) is 11.9 Å². The Bertz CT molecular complexity index is 361. The first-order valence-electron chi connectivity index (χ1n) is 5.02. The molecule has 1 unspecified atom stereocenters. The van der Waals surface area contributed by atoms with Gasteiger partial charge in [-0.2, -0.15) is 0 Å². The number of nitrogens with two attached hydrogens (primary N) is 1. The topological polar surface area (TPSA) is 80.9 Å². The molecule has 1 aliphatic carbocycles. The predicted molar refractivity (Wildman–Crippen MR) is 57.7 cm³/mol. The van der Waals surface area contributed by atoms with Crippen LogP contribution in [0.4, 0.5) is 0 Å². The standard InChI is InChI=1S/C9H14N4OS/c1-5-8(15-13-12-5)9(14)11-7(4-10)6-2-3-6/h6-7H,2-4,10H2,1H3,(H,11,14). The summed E-state index contributed by atoms with van der Waals surface area (Å²) in [5.74, 6) is 0.477. The first-order chi connectivity index (χ1) is 7.22. The zero-order valence-corrected chi connectivity index (χ0v) is 9.38. The van der Waals surface area contributed by atoms with Crippen LogP contribution in [0.3, 0.4) is 0 Å². The number of carbonyl (C=O) groups excluding carboxylic acids is 1. The summed E-state index contributed by atoms with van der Waals surface area (Å²) in [5, 5.41) is 6.75. The van der Waals surface area contributed by atoms with Crippen molar-refractivity contribution in [2.75, 3.05) is 6.54 Å². The third kappa shape index (κ3) is 2.32. The lowest BCUT2D eigenvalue weighted by molar-refractivity contribution is 0.0937. The summed E-state index contributed by atoms with van der Waals surface area (Å²) in [5.41, 5.74) is 6.30. The smallest absolute Gasteiger partial charge is 0.265 e. The van der Waals surface area contributed by atoms with Gasteiger partial charge in [-0.05, 0) is 37.2 Å². The SMILES string of the molecule is Cc1nnsc1C(=O)NC(CN)C1CC1. The number of carbonyl (C=O) groups is 1. The van der Waals surface area contributed by atoms with Crippen LogP contribution in [0.1, 0.15) is 28.2 Å². The largest absolute Gasteiger partial charge is 0.347 e. The summed E-state index contributed by atoms with van der Waals surface area (Å²) in [6.45, 7) is 2.29. The van der Waals surface area contributed by atoms with E-state index in [1.54, 1.807) is 6.92 Å². The normalized spacial score (nSPS) is 17.5. The molecular formula is C9H14N4OS. The average molecular weight is 226 g/mol. The number of amides is 1.